The van der Waals surface area contributed by atoms with Gasteiger partial charge in [0, 0.05) is 12.1 Å². The molecule has 2 atom stereocenters. The van der Waals surface area contributed by atoms with Gasteiger partial charge in [0.1, 0.15) is 0 Å². The average molecular weight is 560 g/mol. The van der Waals surface area contributed by atoms with Gasteiger partial charge in [0.15, 0.2) is 0 Å². The lowest BCUT2D eigenvalue weighted by Crippen LogP contribution is -2.23. The van der Waals surface area contributed by atoms with Crippen molar-refractivity contribution in [2.45, 2.75) is 60.4 Å². The summed E-state index contributed by atoms with van der Waals surface area (Å²) in [5.41, 5.74) is 10.9. The normalized spacial score (nSPS) is 12.3. The first-order valence-electron chi connectivity index (χ1n) is 14.6. The summed E-state index contributed by atoms with van der Waals surface area (Å²) in [5, 5.41) is 12.7. The van der Waals surface area contributed by atoms with Crippen molar-refractivity contribution in [1.29, 1.82) is 0 Å². The quantitative estimate of drug-likeness (QED) is 0.204. The molecule has 0 aliphatic carbocycles. The molecule has 4 aromatic rings. The van der Waals surface area contributed by atoms with Crippen molar-refractivity contribution >= 4 is 17.4 Å². The molecule has 1 amide bonds. The summed E-state index contributed by atoms with van der Waals surface area (Å²) >= 11 is 0. The molecule has 4 aromatic carbocycles. The predicted octanol–water partition coefficient (Wildman–Crippen LogP) is 9.09. The smallest absolute Gasteiger partial charge is 0.336 e. The van der Waals surface area contributed by atoms with Crippen LogP contribution in [-0.2, 0) is 13.0 Å². The lowest BCUT2D eigenvalue weighted by Gasteiger charge is -2.25. The highest BCUT2D eigenvalue weighted by Gasteiger charge is 2.21. The summed E-state index contributed by atoms with van der Waals surface area (Å²) < 4.78 is 0. The lowest BCUT2D eigenvalue weighted by molar-refractivity contribution is 0.0697. The van der Waals surface area contributed by atoms with Gasteiger partial charge in [0.2, 0.25) is 0 Å². The number of carbonyl (C=O) groups excluding carboxylic acids is 1. The molecule has 0 radical (unpaired) electrons. The van der Waals surface area contributed by atoms with E-state index in [9.17, 15) is 14.7 Å². The average Bonchev–Trinajstić information content (AvgIpc) is 2.99. The van der Waals surface area contributed by atoms with Gasteiger partial charge < -0.3 is 10.4 Å². The number of carboxylic acids is 1. The number of aryl methyl sites for hydroxylation is 1. The van der Waals surface area contributed by atoms with E-state index < -0.39 is 5.97 Å². The molecule has 4 heteroatoms. The zero-order valence-corrected chi connectivity index (χ0v) is 25.5. The molecule has 0 bridgehead atoms. The predicted molar refractivity (Wildman–Crippen MR) is 173 cm³/mol. The van der Waals surface area contributed by atoms with E-state index in [1.807, 2.05) is 54.6 Å². The van der Waals surface area contributed by atoms with Gasteiger partial charge >= 0.3 is 5.97 Å². The summed E-state index contributed by atoms with van der Waals surface area (Å²) in [4.78, 5) is 24.8. The van der Waals surface area contributed by atoms with Crippen LogP contribution in [0.25, 0.3) is 16.7 Å². The molecule has 2 N–H and O–H groups in total. The van der Waals surface area contributed by atoms with Crippen molar-refractivity contribution in [3.63, 3.8) is 0 Å². The van der Waals surface area contributed by atoms with Crippen LogP contribution >= 0.6 is 0 Å². The lowest BCUT2D eigenvalue weighted by atomic mass is 9.80. The van der Waals surface area contributed by atoms with Crippen molar-refractivity contribution in [1.82, 2.24) is 5.32 Å². The summed E-state index contributed by atoms with van der Waals surface area (Å²) in [7, 11) is 0. The molecule has 0 saturated heterocycles. The van der Waals surface area contributed by atoms with E-state index in [1.54, 1.807) is 12.1 Å². The molecule has 0 aromatic heterocycles. The maximum atomic E-state index is 13.2. The van der Waals surface area contributed by atoms with E-state index >= 15 is 0 Å². The zero-order valence-electron chi connectivity index (χ0n) is 25.5. The fourth-order valence-corrected chi connectivity index (χ4v) is 5.37. The van der Waals surface area contributed by atoms with Crippen LogP contribution in [0.4, 0.5) is 0 Å². The van der Waals surface area contributed by atoms with Gasteiger partial charge in [0.25, 0.3) is 5.91 Å². The number of allylic oxidation sites excluding steroid dienone is 2. The largest absolute Gasteiger partial charge is 0.478 e. The molecular weight excluding hydrogens is 518 g/mol. The van der Waals surface area contributed by atoms with E-state index in [2.05, 4.69) is 71.1 Å². The van der Waals surface area contributed by atoms with Crippen LogP contribution in [0.1, 0.15) is 89.1 Å². The van der Waals surface area contributed by atoms with Crippen molar-refractivity contribution in [3.8, 4) is 11.1 Å². The van der Waals surface area contributed by atoms with Crippen LogP contribution in [0.3, 0.4) is 0 Å². The molecular formula is C38H41NO3. The summed E-state index contributed by atoms with van der Waals surface area (Å²) in [6.07, 6.45) is 0.883. The van der Waals surface area contributed by atoms with Crippen LogP contribution < -0.4 is 5.32 Å². The summed E-state index contributed by atoms with van der Waals surface area (Å²) in [6, 6.07) is 29.5. The number of hydrogen-bond acceptors (Lipinski definition) is 2. The molecule has 4 rings (SSSR count). The third-order valence-electron chi connectivity index (χ3n) is 8.49. The van der Waals surface area contributed by atoms with E-state index in [1.165, 1.54) is 22.3 Å². The van der Waals surface area contributed by atoms with Crippen LogP contribution in [0.2, 0.25) is 0 Å². The second-order valence-corrected chi connectivity index (χ2v) is 11.6. The molecule has 0 aliphatic heterocycles. The van der Waals surface area contributed by atoms with Crippen molar-refractivity contribution in [3.05, 3.63) is 136 Å². The second kappa shape index (κ2) is 13.5. The molecule has 0 spiro atoms. The monoisotopic (exact) mass is 559 g/mol. The maximum Gasteiger partial charge on any atom is 0.336 e. The molecule has 0 fully saturated rings. The van der Waals surface area contributed by atoms with E-state index in [4.69, 9.17) is 0 Å². The van der Waals surface area contributed by atoms with E-state index in [0.717, 1.165) is 34.2 Å². The maximum absolute atomic E-state index is 13.2. The molecule has 2 unspecified atom stereocenters. The van der Waals surface area contributed by atoms with Gasteiger partial charge in [0.05, 0.1) is 5.56 Å². The summed E-state index contributed by atoms with van der Waals surface area (Å²) in [6.45, 7) is 13.4. The standard InChI is InChI=1S/C38H41NO3/c1-24(2)27(5)36-22-31(37(40)39-23-32-12-8-7-11-25(32)3)19-20-33(36)28(6)26(4)21-29-15-17-30(18-16-29)34-13-9-10-14-35(34)38(41)42/h7-20,22,26,28H,21,23H2,1-6H3,(H,39,40)(H,41,42). The number of benzene rings is 4. The third-order valence-corrected chi connectivity index (χ3v) is 8.49. The fourth-order valence-electron chi connectivity index (χ4n) is 5.37. The Bertz CT molecular complexity index is 1610. The number of carboxylic acid groups (broad SMARTS) is 1. The van der Waals surface area contributed by atoms with Crippen LogP contribution in [-0.4, -0.2) is 17.0 Å². The minimum absolute atomic E-state index is 0.0714. The van der Waals surface area contributed by atoms with Crippen molar-refractivity contribution in [2.75, 3.05) is 0 Å². The minimum Gasteiger partial charge on any atom is -0.478 e. The number of rotatable bonds is 10. The first kappa shape index (κ1) is 30.5. The zero-order chi connectivity index (χ0) is 30.4. The molecule has 216 valence electrons. The van der Waals surface area contributed by atoms with Gasteiger partial charge in [-0.25, -0.2) is 4.79 Å². The van der Waals surface area contributed by atoms with Gasteiger partial charge in [-0.05, 0) is 109 Å². The van der Waals surface area contributed by atoms with E-state index in [-0.39, 0.29) is 11.8 Å². The Balaban J connectivity index is 1.53. The highest BCUT2D eigenvalue weighted by atomic mass is 16.4. The summed E-state index contributed by atoms with van der Waals surface area (Å²) in [5.74, 6) is -0.398. The number of aromatic carboxylic acids is 1. The van der Waals surface area contributed by atoms with Gasteiger partial charge in [-0.3, -0.25) is 4.79 Å². The topological polar surface area (TPSA) is 66.4 Å². The Morgan fingerprint density at radius 2 is 1.48 bits per heavy atom. The van der Waals surface area contributed by atoms with Gasteiger partial charge in [-0.15, -0.1) is 0 Å². The Hall–Kier alpha value is -4.44. The highest BCUT2D eigenvalue weighted by Crippen LogP contribution is 2.35. The van der Waals surface area contributed by atoms with Crippen molar-refractivity contribution < 1.29 is 14.7 Å². The first-order valence-corrected chi connectivity index (χ1v) is 14.6. The molecule has 42 heavy (non-hydrogen) atoms. The number of hydrogen-bond donors (Lipinski definition) is 2. The number of carbonyl (C=O) groups is 2. The van der Waals surface area contributed by atoms with Crippen LogP contribution in [0.15, 0.2) is 96.6 Å². The number of nitrogens with one attached hydrogen (secondary N) is 1. The van der Waals surface area contributed by atoms with Crippen LogP contribution in [0.5, 0.6) is 0 Å². The Morgan fingerprint density at radius 3 is 2.14 bits per heavy atom. The van der Waals surface area contributed by atoms with Gasteiger partial charge in [-0.1, -0.05) is 92.2 Å². The van der Waals surface area contributed by atoms with Gasteiger partial charge in [-0.2, -0.15) is 0 Å². The highest BCUT2D eigenvalue weighted by molar-refractivity contribution is 5.96. The first-order chi connectivity index (χ1) is 20.1. The molecule has 0 aliphatic rings. The minimum atomic E-state index is -0.922. The molecule has 0 saturated carbocycles. The fraction of sp³-hybridized carbons (Fsp3) is 0.263. The Morgan fingerprint density at radius 1 is 0.810 bits per heavy atom. The van der Waals surface area contributed by atoms with Crippen molar-refractivity contribution in [2.24, 2.45) is 5.92 Å². The Kier molecular flexibility index (Phi) is 9.80. The van der Waals surface area contributed by atoms with Crippen LogP contribution in [0, 0.1) is 12.8 Å². The molecule has 0 heterocycles. The van der Waals surface area contributed by atoms with E-state index in [0.29, 0.717) is 23.6 Å². The number of amides is 1. The third kappa shape index (κ3) is 7.06. The molecule has 4 nitrogen and oxygen atoms in total. The second-order valence-electron chi connectivity index (χ2n) is 11.6. The Labute approximate surface area is 250 Å². The SMILES string of the molecule is CC(C)=C(C)c1cc(C(=O)NCc2ccccc2C)ccc1C(C)C(C)Cc1ccc(-c2ccccc2C(=O)O)cc1.